The number of carbonyl (C=O) groups excluding carboxylic acids is 1. The minimum absolute atomic E-state index is 0.187. The molecule has 0 aliphatic carbocycles. The fraction of sp³-hybridized carbons (Fsp3) is 0.200. The number of benzene rings is 1. The van der Waals surface area contributed by atoms with Crippen molar-refractivity contribution in [3.8, 4) is 0 Å². The second kappa shape index (κ2) is 6.63. The zero-order valence-corrected chi connectivity index (χ0v) is 10.7. The highest BCUT2D eigenvalue weighted by Crippen LogP contribution is 2.34. The molecule has 0 aliphatic rings. The SMILES string of the molecule is O=C(Nc1ccccc1C(F)(F)F)O/N=C(/Cl)CCl. The molecule has 19 heavy (non-hydrogen) atoms. The minimum atomic E-state index is -4.60. The Morgan fingerprint density at radius 3 is 2.58 bits per heavy atom. The predicted octanol–water partition coefficient (Wildman–Crippen LogP) is 4.05. The first-order valence-corrected chi connectivity index (χ1v) is 5.68. The summed E-state index contributed by atoms with van der Waals surface area (Å²) in [5.74, 6) is -0.187. The molecule has 4 nitrogen and oxygen atoms in total. The molecule has 0 aromatic heterocycles. The third kappa shape index (κ3) is 4.96. The smallest absolute Gasteiger partial charge is 0.297 e. The highest BCUT2D eigenvalue weighted by molar-refractivity contribution is 6.69. The van der Waals surface area contributed by atoms with Gasteiger partial charge in [-0.25, -0.2) is 4.79 Å². The van der Waals surface area contributed by atoms with E-state index in [1.165, 1.54) is 12.1 Å². The van der Waals surface area contributed by atoms with Crippen molar-refractivity contribution in [2.24, 2.45) is 5.16 Å². The maximum Gasteiger partial charge on any atom is 0.437 e. The van der Waals surface area contributed by atoms with Gasteiger partial charge in [0.25, 0.3) is 0 Å². The molecule has 0 heterocycles. The van der Waals surface area contributed by atoms with E-state index in [4.69, 9.17) is 23.2 Å². The normalized spacial score (nSPS) is 12.2. The Labute approximate surface area is 116 Å². The van der Waals surface area contributed by atoms with Crippen LogP contribution in [-0.2, 0) is 11.0 Å². The lowest BCUT2D eigenvalue weighted by atomic mass is 10.2. The van der Waals surface area contributed by atoms with Crippen molar-refractivity contribution >= 4 is 40.2 Å². The Morgan fingerprint density at radius 2 is 2.00 bits per heavy atom. The lowest BCUT2D eigenvalue weighted by Crippen LogP contribution is -2.16. The van der Waals surface area contributed by atoms with Crippen LogP contribution in [0.1, 0.15) is 5.56 Å². The average Bonchev–Trinajstić information content (AvgIpc) is 2.35. The molecule has 104 valence electrons. The number of carbonyl (C=O) groups is 1. The summed E-state index contributed by atoms with van der Waals surface area (Å²) in [6.45, 7) is 0. The molecule has 0 spiro atoms. The molecule has 0 atom stereocenters. The number of para-hydroxylation sites is 1. The number of amides is 1. The number of halogens is 5. The minimum Gasteiger partial charge on any atom is -0.297 e. The van der Waals surface area contributed by atoms with Crippen LogP contribution in [0.25, 0.3) is 0 Å². The van der Waals surface area contributed by atoms with Crippen LogP contribution in [-0.4, -0.2) is 17.1 Å². The van der Waals surface area contributed by atoms with E-state index in [1.54, 1.807) is 0 Å². The lowest BCUT2D eigenvalue weighted by Gasteiger charge is -2.12. The molecule has 0 radical (unpaired) electrons. The fourth-order valence-corrected chi connectivity index (χ4v) is 1.17. The molecule has 9 heteroatoms. The number of nitrogens with one attached hydrogen (secondary N) is 1. The zero-order chi connectivity index (χ0) is 14.5. The zero-order valence-electron chi connectivity index (χ0n) is 9.17. The van der Waals surface area contributed by atoms with Crippen LogP contribution in [0.5, 0.6) is 0 Å². The van der Waals surface area contributed by atoms with E-state index < -0.39 is 23.5 Å². The molecule has 0 bridgehead atoms. The summed E-state index contributed by atoms with van der Waals surface area (Å²) < 4.78 is 37.8. The van der Waals surface area contributed by atoms with Gasteiger partial charge in [0.1, 0.15) is 0 Å². The van der Waals surface area contributed by atoms with E-state index in [2.05, 4.69) is 9.99 Å². The molecule has 1 N–H and O–H groups in total. The molecule has 0 saturated heterocycles. The van der Waals surface area contributed by atoms with Crippen LogP contribution in [0, 0.1) is 0 Å². The molecule has 0 saturated carbocycles. The summed E-state index contributed by atoms with van der Waals surface area (Å²) in [5.41, 5.74) is -1.45. The topological polar surface area (TPSA) is 50.7 Å². The van der Waals surface area contributed by atoms with E-state index in [1.807, 2.05) is 5.32 Å². The van der Waals surface area contributed by atoms with Crippen molar-refractivity contribution in [1.29, 1.82) is 0 Å². The third-order valence-electron chi connectivity index (χ3n) is 1.81. The van der Waals surface area contributed by atoms with Gasteiger partial charge in [-0.1, -0.05) is 28.9 Å². The number of alkyl halides is 4. The Kier molecular flexibility index (Phi) is 5.44. The third-order valence-corrected chi connectivity index (χ3v) is 2.40. The molecule has 1 aromatic carbocycles. The average molecular weight is 315 g/mol. The van der Waals surface area contributed by atoms with Gasteiger partial charge >= 0.3 is 12.3 Å². The van der Waals surface area contributed by atoms with Crippen molar-refractivity contribution in [2.45, 2.75) is 6.18 Å². The molecule has 0 unspecified atom stereocenters. The Hall–Kier alpha value is -1.47. The van der Waals surface area contributed by atoms with E-state index in [0.717, 1.165) is 12.1 Å². The Morgan fingerprint density at radius 1 is 1.37 bits per heavy atom. The molecule has 0 fully saturated rings. The van der Waals surface area contributed by atoms with E-state index in [0.29, 0.717) is 0 Å². The van der Waals surface area contributed by atoms with Gasteiger partial charge < -0.3 is 0 Å². The fourth-order valence-electron chi connectivity index (χ4n) is 1.09. The molecule has 1 rings (SSSR count). The summed E-state index contributed by atoms with van der Waals surface area (Å²) in [4.78, 5) is 15.4. The predicted molar refractivity (Wildman–Crippen MR) is 65.6 cm³/mol. The lowest BCUT2D eigenvalue weighted by molar-refractivity contribution is -0.136. The van der Waals surface area contributed by atoms with Crippen LogP contribution in [0.3, 0.4) is 0 Å². The second-order valence-corrected chi connectivity index (χ2v) is 3.85. The highest BCUT2D eigenvalue weighted by Gasteiger charge is 2.33. The summed E-state index contributed by atoms with van der Waals surface area (Å²) >= 11 is 10.6. The number of nitrogens with zero attached hydrogens (tertiary/aromatic N) is 1. The number of hydrogen-bond donors (Lipinski definition) is 1. The number of rotatable bonds is 3. The van der Waals surface area contributed by atoms with Crippen LogP contribution < -0.4 is 5.32 Å². The maximum atomic E-state index is 12.6. The summed E-state index contributed by atoms with van der Waals surface area (Å²) in [6, 6.07) is 4.43. The van der Waals surface area contributed by atoms with Gasteiger partial charge in [0.05, 0.1) is 17.1 Å². The van der Waals surface area contributed by atoms with Crippen LogP contribution in [0.4, 0.5) is 23.7 Å². The van der Waals surface area contributed by atoms with Crippen molar-refractivity contribution < 1.29 is 22.8 Å². The highest BCUT2D eigenvalue weighted by atomic mass is 35.5. The summed E-state index contributed by atoms with van der Waals surface area (Å²) in [5, 5.41) is 4.79. The summed E-state index contributed by atoms with van der Waals surface area (Å²) in [7, 11) is 0. The van der Waals surface area contributed by atoms with Crippen molar-refractivity contribution in [1.82, 2.24) is 0 Å². The van der Waals surface area contributed by atoms with Gasteiger partial charge in [0, 0.05) is 0 Å². The van der Waals surface area contributed by atoms with Gasteiger partial charge in [-0.05, 0) is 12.1 Å². The first kappa shape index (κ1) is 15.6. The Balaban J connectivity index is 2.80. The van der Waals surface area contributed by atoms with E-state index in [9.17, 15) is 18.0 Å². The monoisotopic (exact) mass is 314 g/mol. The van der Waals surface area contributed by atoms with Crippen LogP contribution in [0.15, 0.2) is 29.4 Å². The van der Waals surface area contributed by atoms with Gasteiger partial charge in [0.2, 0.25) is 0 Å². The molecule has 1 amide bonds. The molecular weight excluding hydrogens is 308 g/mol. The second-order valence-electron chi connectivity index (χ2n) is 3.15. The Bertz CT molecular complexity index is 492. The molecule has 0 aliphatic heterocycles. The van der Waals surface area contributed by atoms with Gasteiger partial charge in [0.15, 0.2) is 5.17 Å². The van der Waals surface area contributed by atoms with Crippen LogP contribution >= 0.6 is 23.2 Å². The van der Waals surface area contributed by atoms with Crippen LogP contribution in [0.2, 0.25) is 0 Å². The standard InChI is InChI=1S/C10H7Cl2F3N2O2/c11-5-8(12)17-19-9(18)16-7-4-2-1-3-6(7)10(13,14)15/h1-4H,5H2,(H,16,18)/b17-8+. The first-order chi connectivity index (χ1) is 8.84. The number of hydrogen-bond acceptors (Lipinski definition) is 3. The number of anilines is 1. The first-order valence-electron chi connectivity index (χ1n) is 4.77. The van der Waals surface area contributed by atoms with Crippen molar-refractivity contribution in [2.75, 3.05) is 11.2 Å². The molecular formula is C10H7Cl2F3N2O2. The van der Waals surface area contributed by atoms with E-state index >= 15 is 0 Å². The summed E-state index contributed by atoms with van der Waals surface area (Å²) in [6.07, 6.45) is -5.80. The maximum absolute atomic E-state index is 12.6. The van der Waals surface area contributed by atoms with Gasteiger partial charge in [-0.15, -0.1) is 11.6 Å². The molecule has 1 aromatic rings. The van der Waals surface area contributed by atoms with E-state index in [-0.39, 0.29) is 11.1 Å². The van der Waals surface area contributed by atoms with Crippen molar-refractivity contribution in [3.63, 3.8) is 0 Å². The largest absolute Gasteiger partial charge is 0.437 e. The number of oxime groups is 1. The van der Waals surface area contributed by atoms with Crippen molar-refractivity contribution in [3.05, 3.63) is 29.8 Å². The van der Waals surface area contributed by atoms with Gasteiger partial charge in [-0.2, -0.15) is 13.2 Å². The van der Waals surface area contributed by atoms with Gasteiger partial charge in [-0.3, -0.25) is 10.2 Å². The quantitative estimate of drug-likeness (QED) is 0.396.